The van der Waals surface area contributed by atoms with Crippen LogP contribution in [0.4, 0.5) is 4.39 Å². The van der Waals surface area contributed by atoms with E-state index in [2.05, 4.69) is 16.6 Å². The van der Waals surface area contributed by atoms with Crippen LogP contribution in [0.1, 0.15) is 41.6 Å². The third-order valence-corrected chi connectivity index (χ3v) is 6.45. The van der Waals surface area contributed by atoms with Gasteiger partial charge in [0.25, 0.3) is 5.91 Å². The predicted molar refractivity (Wildman–Crippen MR) is 106 cm³/mol. The molecule has 7 heteroatoms. The average Bonchev–Trinajstić information content (AvgIpc) is 3.16. The van der Waals surface area contributed by atoms with Gasteiger partial charge in [-0.3, -0.25) is 4.79 Å². The molecule has 0 heterocycles. The lowest BCUT2D eigenvalue weighted by atomic mass is 9.87. The highest BCUT2D eigenvalue weighted by molar-refractivity contribution is 7.89. The molecular formula is C21H23FN2O3S. The molecule has 2 N–H and O–H groups in total. The number of amides is 1. The van der Waals surface area contributed by atoms with Crippen molar-refractivity contribution in [2.24, 2.45) is 0 Å². The lowest BCUT2D eigenvalue weighted by Gasteiger charge is -2.31. The van der Waals surface area contributed by atoms with Gasteiger partial charge < -0.3 is 5.32 Å². The molecule has 5 nitrogen and oxygen atoms in total. The minimum absolute atomic E-state index is 0.0178. The maximum atomic E-state index is 13.3. The van der Waals surface area contributed by atoms with Crippen LogP contribution in [-0.4, -0.2) is 20.9 Å². The Morgan fingerprint density at radius 2 is 1.82 bits per heavy atom. The first-order chi connectivity index (χ1) is 13.4. The maximum absolute atomic E-state index is 13.3. The molecule has 0 aromatic heterocycles. The Labute approximate surface area is 164 Å². The fraction of sp³-hybridized carbons (Fsp3) is 0.286. The van der Waals surface area contributed by atoms with Gasteiger partial charge in [0, 0.05) is 12.1 Å². The van der Waals surface area contributed by atoms with Crippen molar-refractivity contribution in [3.05, 3.63) is 78.1 Å². The zero-order chi connectivity index (χ0) is 20.2. The number of carbonyl (C=O) groups is 1. The number of halogens is 1. The number of hydrogen-bond donors (Lipinski definition) is 2. The number of benzene rings is 2. The Kier molecular flexibility index (Phi) is 5.96. The van der Waals surface area contributed by atoms with E-state index in [0.29, 0.717) is 0 Å². The molecule has 28 heavy (non-hydrogen) atoms. The van der Waals surface area contributed by atoms with Crippen LogP contribution in [0.3, 0.4) is 0 Å². The minimum Gasteiger partial charge on any atom is -0.343 e. The maximum Gasteiger partial charge on any atom is 0.252 e. The third-order valence-electron chi connectivity index (χ3n) is 5.03. The van der Waals surface area contributed by atoms with Crippen LogP contribution in [0.25, 0.3) is 0 Å². The van der Waals surface area contributed by atoms with E-state index >= 15 is 0 Å². The van der Waals surface area contributed by atoms with Crippen molar-refractivity contribution >= 4 is 15.9 Å². The molecule has 2 aromatic rings. The molecule has 148 valence electrons. The fourth-order valence-corrected chi connectivity index (χ4v) is 4.62. The molecule has 1 aliphatic rings. The van der Waals surface area contributed by atoms with E-state index in [0.717, 1.165) is 31.2 Å². The topological polar surface area (TPSA) is 75.3 Å². The highest BCUT2D eigenvalue weighted by atomic mass is 32.2. The molecule has 3 rings (SSSR count). The van der Waals surface area contributed by atoms with Crippen molar-refractivity contribution in [2.75, 3.05) is 6.54 Å². The van der Waals surface area contributed by atoms with Crippen molar-refractivity contribution < 1.29 is 17.6 Å². The van der Waals surface area contributed by atoms with Gasteiger partial charge in [-0.05, 0) is 48.7 Å². The summed E-state index contributed by atoms with van der Waals surface area (Å²) in [5.41, 5.74) is 0.548. The van der Waals surface area contributed by atoms with Crippen LogP contribution in [0.15, 0.2) is 66.1 Å². The molecule has 2 aromatic carbocycles. The zero-order valence-corrected chi connectivity index (χ0v) is 16.3. The summed E-state index contributed by atoms with van der Waals surface area (Å²) < 4.78 is 40.3. The van der Waals surface area contributed by atoms with Crippen LogP contribution in [0, 0.1) is 5.82 Å². The molecule has 1 fully saturated rings. The zero-order valence-electron chi connectivity index (χ0n) is 15.4. The van der Waals surface area contributed by atoms with Crippen LogP contribution in [-0.2, 0) is 15.6 Å². The molecule has 0 saturated heterocycles. The van der Waals surface area contributed by atoms with Crippen LogP contribution >= 0.6 is 0 Å². The van der Waals surface area contributed by atoms with Gasteiger partial charge in [0.2, 0.25) is 10.0 Å². The van der Waals surface area contributed by atoms with Crippen LogP contribution in [0.2, 0.25) is 0 Å². The molecule has 0 unspecified atom stereocenters. The largest absolute Gasteiger partial charge is 0.343 e. The smallest absolute Gasteiger partial charge is 0.252 e. The molecule has 0 spiro atoms. The van der Waals surface area contributed by atoms with E-state index in [1.807, 2.05) is 0 Å². The quantitative estimate of drug-likeness (QED) is 0.696. The SMILES string of the molecule is C=CCNS(=O)(=O)c1cccc(C(=O)NC2(c3ccc(F)cc3)CCCC2)c1. The Bertz CT molecular complexity index is 965. The van der Waals surface area contributed by atoms with Crippen LogP contribution in [0.5, 0.6) is 0 Å². The Balaban J connectivity index is 1.86. The number of rotatable bonds is 7. The third kappa shape index (κ3) is 4.31. The summed E-state index contributed by atoms with van der Waals surface area (Å²) in [7, 11) is -3.72. The lowest BCUT2D eigenvalue weighted by molar-refractivity contribution is 0.0898. The fourth-order valence-electron chi connectivity index (χ4n) is 3.58. The van der Waals surface area contributed by atoms with Gasteiger partial charge in [0.1, 0.15) is 5.82 Å². The van der Waals surface area contributed by atoms with Crippen molar-refractivity contribution in [1.29, 1.82) is 0 Å². The van der Waals surface area contributed by atoms with E-state index in [4.69, 9.17) is 0 Å². The molecular weight excluding hydrogens is 379 g/mol. The monoisotopic (exact) mass is 402 g/mol. The van der Waals surface area contributed by atoms with E-state index in [1.165, 1.54) is 36.4 Å². The van der Waals surface area contributed by atoms with Crippen molar-refractivity contribution in [3.8, 4) is 0 Å². The highest BCUT2D eigenvalue weighted by Gasteiger charge is 2.37. The number of sulfonamides is 1. The molecule has 1 amide bonds. The second kappa shape index (κ2) is 8.24. The first-order valence-corrected chi connectivity index (χ1v) is 10.6. The predicted octanol–water partition coefficient (Wildman–Crippen LogP) is 3.49. The van der Waals surface area contributed by atoms with Crippen molar-refractivity contribution in [3.63, 3.8) is 0 Å². The standard InChI is InChI=1S/C21H23FN2O3S/c1-2-14-23-28(26,27)19-7-5-6-16(15-19)20(25)24-21(12-3-4-13-21)17-8-10-18(22)11-9-17/h2,5-11,15,23H,1,3-4,12-14H2,(H,24,25). The molecule has 1 saturated carbocycles. The summed E-state index contributed by atoms with van der Waals surface area (Å²) in [5.74, 6) is -0.680. The first kappa shape index (κ1) is 20.2. The summed E-state index contributed by atoms with van der Waals surface area (Å²) in [4.78, 5) is 12.9. The number of hydrogen-bond acceptors (Lipinski definition) is 3. The number of carbonyl (C=O) groups excluding carboxylic acids is 1. The second-order valence-corrected chi connectivity index (χ2v) is 8.69. The van der Waals surface area contributed by atoms with Crippen molar-refractivity contribution in [2.45, 2.75) is 36.1 Å². The first-order valence-electron chi connectivity index (χ1n) is 9.15. The molecule has 1 aliphatic carbocycles. The summed E-state index contributed by atoms with van der Waals surface area (Å²) in [6.07, 6.45) is 4.86. The highest BCUT2D eigenvalue weighted by Crippen LogP contribution is 2.39. The Morgan fingerprint density at radius 3 is 2.46 bits per heavy atom. The van der Waals surface area contributed by atoms with Gasteiger partial charge >= 0.3 is 0 Å². The summed E-state index contributed by atoms with van der Waals surface area (Å²) >= 11 is 0. The van der Waals surface area contributed by atoms with Gasteiger partial charge in [-0.2, -0.15) is 0 Å². The minimum atomic E-state index is -3.72. The summed E-state index contributed by atoms with van der Waals surface area (Å²) in [6, 6.07) is 12.1. The molecule has 0 radical (unpaired) electrons. The average molecular weight is 402 g/mol. The lowest BCUT2D eigenvalue weighted by Crippen LogP contribution is -2.43. The van der Waals surface area contributed by atoms with Gasteiger partial charge in [0.05, 0.1) is 10.4 Å². The Morgan fingerprint density at radius 1 is 1.14 bits per heavy atom. The van der Waals surface area contributed by atoms with E-state index < -0.39 is 15.6 Å². The van der Waals surface area contributed by atoms with Gasteiger partial charge in [0.15, 0.2) is 0 Å². The Hall–Kier alpha value is -2.51. The normalized spacial score (nSPS) is 15.9. The van der Waals surface area contributed by atoms with E-state index in [9.17, 15) is 17.6 Å². The van der Waals surface area contributed by atoms with Gasteiger partial charge in [-0.15, -0.1) is 6.58 Å². The van der Waals surface area contributed by atoms with Crippen LogP contribution < -0.4 is 10.0 Å². The van der Waals surface area contributed by atoms with E-state index in [-0.39, 0.29) is 28.7 Å². The second-order valence-electron chi connectivity index (χ2n) is 6.92. The summed E-state index contributed by atoms with van der Waals surface area (Å²) in [5, 5.41) is 3.07. The van der Waals surface area contributed by atoms with Crippen molar-refractivity contribution in [1.82, 2.24) is 10.0 Å². The van der Waals surface area contributed by atoms with E-state index in [1.54, 1.807) is 18.2 Å². The summed E-state index contributed by atoms with van der Waals surface area (Å²) in [6.45, 7) is 3.59. The van der Waals surface area contributed by atoms with Gasteiger partial charge in [-0.1, -0.05) is 37.1 Å². The molecule has 0 atom stereocenters. The number of nitrogens with one attached hydrogen (secondary N) is 2. The van der Waals surface area contributed by atoms with Gasteiger partial charge in [-0.25, -0.2) is 17.5 Å². The molecule has 0 aliphatic heterocycles. The molecule has 0 bridgehead atoms.